The molecule has 0 aromatic carbocycles. The van der Waals surface area contributed by atoms with Crippen LogP contribution in [0.1, 0.15) is 6.42 Å². The van der Waals surface area contributed by atoms with Gasteiger partial charge in [-0.3, -0.25) is 9.78 Å². The third-order valence-corrected chi connectivity index (χ3v) is 1.34. The van der Waals surface area contributed by atoms with Crippen LogP contribution in [-0.4, -0.2) is 33.4 Å². The van der Waals surface area contributed by atoms with Crippen molar-refractivity contribution in [1.29, 1.82) is 0 Å². The molecule has 0 atom stereocenters. The van der Waals surface area contributed by atoms with Crippen molar-refractivity contribution in [3.63, 3.8) is 0 Å². The number of hydrogen-bond acceptors (Lipinski definition) is 5. The molecule has 0 aliphatic rings. The molecule has 0 fully saturated rings. The Labute approximate surface area is 72.8 Å². The summed E-state index contributed by atoms with van der Waals surface area (Å²) in [6.07, 6.45) is 0.514. The Balaban J connectivity index is 2.67. The van der Waals surface area contributed by atoms with Gasteiger partial charge in [0.2, 0.25) is 5.82 Å². The van der Waals surface area contributed by atoms with Crippen LogP contribution in [-0.2, 0) is 0 Å². The van der Waals surface area contributed by atoms with Gasteiger partial charge in [-0.1, -0.05) is 0 Å². The zero-order valence-electron chi connectivity index (χ0n) is 6.83. The van der Waals surface area contributed by atoms with E-state index >= 15 is 0 Å². The number of aliphatic hydroxyl groups is 1. The number of rotatable bonds is 4. The first kappa shape index (κ1) is 9.46. The SMILES string of the molecule is O=c1[nH]nc(NCCCO)c(=O)[nH]1. The molecule has 4 N–H and O–H groups in total. The van der Waals surface area contributed by atoms with Crippen molar-refractivity contribution in [2.24, 2.45) is 0 Å². The summed E-state index contributed by atoms with van der Waals surface area (Å²) in [5, 5.41) is 16.7. The monoisotopic (exact) mass is 186 g/mol. The molecular formula is C6H10N4O3. The van der Waals surface area contributed by atoms with Crippen molar-refractivity contribution in [1.82, 2.24) is 15.2 Å². The van der Waals surface area contributed by atoms with Gasteiger partial charge < -0.3 is 10.4 Å². The Morgan fingerprint density at radius 3 is 2.85 bits per heavy atom. The summed E-state index contributed by atoms with van der Waals surface area (Å²) >= 11 is 0. The predicted octanol–water partition coefficient (Wildman–Crippen LogP) is -1.75. The average molecular weight is 186 g/mol. The lowest BCUT2D eigenvalue weighted by molar-refractivity contribution is 0.292. The van der Waals surface area contributed by atoms with Gasteiger partial charge in [0.15, 0.2) is 0 Å². The number of nitrogens with zero attached hydrogens (tertiary/aromatic N) is 1. The standard InChI is InChI=1S/C6H10N4O3/c11-3-1-2-7-4-5(12)8-6(13)10-9-4/h11H,1-3H2,(H,7,9)(H2,8,10,12,13). The van der Waals surface area contributed by atoms with E-state index in [1.807, 2.05) is 4.98 Å². The molecule has 0 aliphatic heterocycles. The number of hydrogen-bond donors (Lipinski definition) is 4. The maximum Gasteiger partial charge on any atom is 0.342 e. The van der Waals surface area contributed by atoms with E-state index in [0.717, 1.165) is 0 Å². The molecule has 0 saturated heterocycles. The van der Waals surface area contributed by atoms with Gasteiger partial charge >= 0.3 is 5.69 Å². The molecule has 1 heterocycles. The Morgan fingerprint density at radius 1 is 1.46 bits per heavy atom. The van der Waals surface area contributed by atoms with Crippen LogP contribution < -0.4 is 16.6 Å². The van der Waals surface area contributed by atoms with Gasteiger partial charge in [-0.2, -0.15) is 0 Å². The van der Waals surface area contributed by atoms with Crippen molar-refractivity contribution >= 4 is 5.82 Å². The molecule has 0 bridgehead atoms. The second-order valence-corrected chi connectivity index (χ2v) is 2.36. The average Bonchev–Trinajstić information content (AvgIpc) is 2.09. The fourth-order valence-electron chi connectivity index (χ4n) is 0.753. The molecule has 0 unspecified atom stereocenters. The molecule has 13 heavy (non-hydrogen) atoms. The fourth-order valence-corrected chi connectivity index (χ4v) is 0.753. The number of nitrogens with one attached hydrogen (secondary N) is 3. The first-order chi connectivity index (χ1) is 6.24. The van der Waals surface area contributed by atoms with E-state index in [1.54, 1.807) is 0 Å². The highest BCUT2D eigenvalue weighted by Gasteiger charge is 1.99. The van der Waals surface area contributed by atoms with Gasteiger partial charge in [0.25, 0.3) is 5.56 Å². The topological polar surface area (TPSA) is 111 Å². The Kier molecular flexibility index (Phi) is 3.21. The van der Waals surface area contributed by atoms with E-state index in [-0.39, 0.29) is 12.4 Å². The molecule has 0 amide bonds. The van der Waals surface area contributed by atoms with Crippen LogP contribution in [0.15, 0.2) is 9.59 Å². The minimum Gasteiger partial charge on any atom is -0.396 e. The van der Waals surface area contributed by atoms with Crippen molar-refractivity contribution in [3.8, 4) is 0 Å². The van der Waals surface area contributed by atoms with E-state index in [9.17, 15) is 9.59 Å². The van der Waals surface area contributed by atoms with Crippen LogP contribution in [0, 0.1) is 0 Å². The number of aromatic nitrogens is 3. The highest BCUT2D eigenvalue weighted by molar-refractivity contribution is 5.28. The molecule has 1 aromatic heterocycles. The van der Waals surface area contributed by atoms with Gasteiger partial charge in [0.1, 0.15) is 0 Å². The highest BCUT2D eigenvalue weighted by atomic mass is 16.3. The van der Waals surface area contributed by atoms with Crippen LogP contribution in [0.3, 0.4) is 0 Å². The lowest BCUT2D eigenvalue weighted by Crippen LogP contribution is -2.27. The Morgan fingerprint density at radius 2 is 2.23 bits per heavy atom. The molecule has 0 spiro atoms. The second-order valence-electron chi connectivity index (χ2n) is 2.36. The highest BCUT2D eigenvalue weighted by Crippen LogP contribution is 1.86. The zero-order chi connectivity index (χ0) is 9.68. The lowest BCUT2D eigenvalue weighted by Gasteiger charge is -2.00. The number of anilines is 1. The van der Waals surface area contributed by atoms with Crippen molar-refractivity contribution in [2.45, 2.75) is 6.42 Å². The molecule has 72 valence electrons. The Bertz CT molecular complexity index is 369. The maximum absolute atomic E-state index is 11.0. The summed E-state index contributed by atoms with van der Waals surface area (Å²) in [6, 6.07) is 0. The number of aromatic amines is 2. The largest absolute Gasteiger partial charge is 0.396 e. The third-order valence-electron chi connectivity index (χ3n) is 1.34. The van der Waals surface area contributed by atoms with Gasteiger partial charge in [-0.15, -0.1) is 5.10 Å². The smallest absolute Gasteiger partial charge is 0.342 e. The van der Waals surface area contributed by atoms with Crippen LogP contribution >= 0.6 is 0 Å². The second kappa shape index (κ2) is 4.41. The third kappa shape index (κ3) is 2.71. The number of H-pyrrole nitrogens is 2. The van der Waals surface area contributed by atoms with E-state index in [2.05, 4.69) is 15.5 Å². The zero-order valence-corrected chi connectivity index (χ0v) is 6.83. The van der Waals surface area contributed by atoms with Gasteiger partial charge in [-0.05, 0) is 6.42 Å². The van der Waals surface area contributed by atoms with Gasteiger partial charge in [0, 0.05) is 13.2 Å². The van der Waals surface area contributed by atoms with E-state index in [0.29, 0.717) is 13.0 Å². The van der Waals surface area contributed by atoms with E-state index in [4.69, 9.17) is 5.11 Å². The summed E-state index contributed by atoms with van der Waals surface area (Å²) in [5.74, 6) is 0.0491. The van der Waals surface area contributed by atoms with Crippen LogP contribution in [0.25, 0.3) is 0 Å². The minimum atomic E-state index is -0.641. The van der Waals surface area contributed by atoms with Crippen molar-refractivity contribution < 1.29 is 5.11 Å². The van der Waals surface area contributed by atoms with Crippen molar-refractivity contribution in [3.05, 3.63) is 20.8 Å². The Hall–Kier alpha value is -1.63. The fraction of sp³-hybridized carbons (Fsp3) is 0.500. The first-order valence-corrected chi connectivity index (χ1v) is 3.78. The van der Waals surface area contributed by atoms with E-state index in [1.165, 1.54) is 0 Å². The summed E-state index contributed by atoms with van der Waals surface area (Å²) in [7, 11) is 0. The molecule has 0 aliphatic carbocycles. The van der Waals surface area contributed by atoms with Gasteiger partial charge in [-0.25, -0.2) is 9.89 Å². The molecule has 1 rings (SSSR count). The summed E-state index contributed by atoms with van der Waals surface area (Å²) < 4.78 is 0. The van der Waals surface area contributed by atoms with Crippen molar-refractivity contribution in [2.75, 3.05) is 18.5 Å². The van der Waals surface area contributed by atoms with Gasteiger partial charge in [0.05, 0.1) is 0 Å². The molecule has 7 heteroatoms. The quantitative estimate of drug-likeness (QED) is 0.417. The lowest BCUT2D eigenvalue weighted by atomic mass is 10.4. The molecule has 1 aromatic rings. The summed E-state index contributed by atoms with van der Waals surface area (Å²) in [4.78, 5) is 23.5. The van der Waals surface area contributed by atoms with Crippen LogP contribution in [0.5, 0.6) is 0 Å². The molecule has 7 nitrogen and oxygen atoms in total. The van der Waals surface area contributed by atoms with Crippen LogP contribution in [0.2, 0.25) is 0 Å². The maximum atomic E-state index is 11.0. The normalized spacial score (nSPS) is 9.92. The van der Waals surface area contributed by atoms with E-state index < -0.39 is 11.2 Å². The van der Waals surface area contributed by atoms with Crippen LogP contribution in [0.4, 0.5) is 5.82 Å². The summed E-state index contributed by atoms with van der Waals surface area (Å²) in [5.41, 5.74) is -1.21. The number of aliphatic hydroxyl groups excluding tert-OH is 1. The summed E-state index contributed by atoms with van der Waals surface area (Å²) in [6.45, 7) is 0.465. The molecule has 0 saturated carbocycles. The minimum absolute atomic E-state index is 0.0360. The molecular weight excluding hydrogens is 176 g/mol. The predicted molar refractivity (Wildman–Crippen MR) is 45.7 cm³/mol. The molecule has 0 radical (unpaired) electrons. The first-order valence-electron chi connectivity index (χ1n) is 3.78.